The van der Waals surface area contributed by atoms with E-state index in [-0.39, 0.29) is 11.6 Å². The van der Waals surface area contributed by atoms with Crippen LogP contribution in [0.4, 0.5) is 5.69 Å². The van der Waals surface area contributed by atoms with Crippen LogP contribution in [0.5, 0.6) is 0 Å². The monoisotopic (exact) mass is 176 g/mol. The molecule has 0 aliphatic carbocycles. The van der Waals surface area contributed by atoms with Gasteiger partial charge in [-0.05, 0) is 12.1 Å². The number of aliphatic imine (C=N–C) groups is 1. The van der Waals surface area contributed by atoms with Crippen molar-refractivity contribution >= 4 is 17.3 Å². The van der Waals surface area contributed by atoms with Crippen LogP contribution in [-0.4, -0.2) is 18.7 Å². The molecule has 1 aliphatic rings. The number of rotatable bonds is 1. The maximum absolute atomic E-state index is 11.5. The summed E-state index contributed by atoms with van der Waals surface area (Å²) in [5, 5.41) is 0. The summed E-state index contributed by atoms with van der Waals surface area (Å²) < 4.78 is 0. The maximum atomic E-state index is 11.5. The summed E-state index contributed by atoms with van der Waals surface area (Å²) in [6, 6.07) is 7.18. The Bertz CT molecular complexity index is 385. The van der Waals surface area contributed by atoms with Gasteiger partial charge in [-0.3, -0.25) is 9.63 Å². The number of hydrogen-bond acceptors (Lipinski definition) is 4. The molecule has 66 valence electrons. The smallest absolute Gasteiger partial charge is 0.232 e. The standard InChI is InChI=1S/C9H8N2O2/c1-13-11-9-8(12)6-4-2-3-5-7(6)10-9/h2-5H,1H3,(H,10,11,12). The molecule has 1 N–H and O–H groups in total. The largest absolute Gasteiger partial charge is 0.285 e. The fourth-order valence-corrected chi connectivity index (χ4v) is 1.23. The molecule has 1 aliphatic heterocycles. The van der Waals surface area contributed by atoms with Gasteiger partial charge in [-0.1, -0.05) is 12.1 Å². The highest BCUT2D eigenvalue weighted by Gasteiger charge is 2.23. The van der Waals surface area contributed by atoms with E-state index in [1.54, 1.807) is 12.1 Å². The number of nitrogens with one attached hydrogen (secondary N) is 1. The van der Waals surface area contributed by atoms with E-state index in [1.807, 2.05) is 12.1 Å². The third kappa shape index (κ3) is 1.21. The van der Waals surface area contributed by atoms with Gasteiger partial charge >= 0.3 is 0 Å². The molecule has 1 heterocycles. The summed E-state index contributed by atoms with van der Waals surface area (Å²) >= 11 is 0. The van der Waals surface area contributed by atoms with Crippen molar-refractivity contribution in [3.05, 3.63) is 29.8 Å². The summed E-state index contributed by atoms with van der Waals surface area (Å²) in [6.07, 6.45) is 0. The molecule has 0 radical (unpaired) electrons. The van der Waals surface area contributed by atoms with Crippen molar-refractivity contribution in [3.8, 4) is 0 Å². The average molecular weight is 176 g/mol. The van der Waals surface area contributed by atoms with E-state index in [1.165, 1.54) is 7.11 Å². The van der Waals surface area contributed by atoms with Gasteiger partial charge in [-0.15, -0.1) is 0 Å². The molecule has 0 saturated carbocycles. The lowest BCUT2D eigenvalue weighted by Crippen LogP contribution is -2.27. The van der Waals surface area contributed by atoms with Crippen molar-refractivity contribution in [1.82, 2.24) is 5.48 Å². The van der Waals surface area contributed by atoms with Gasteiger partial charge in [-0.2, -0.15) is 0 Å². The lowest BCUT2D eigenvalue weighted by atomic mass is 10.1. The van der Waals surface area contributed by atoms with Crippen LogP contribution in [-0.2, 0) is 4.84 Å². The van der Waals surface area contributed by atoms with Gasteiger partial charge in [0.1, 0.15) is 0 Å². The molecule has 0 unspecified atom stereocenters. The summed E-state index contributed by atoms with van der Waals surface area (Å²) in [7, 11) is 1.44. The Morgan fingerprint density at radius 1 is 1.38 bits per heavy atom. The number of para-hydroxylation sites is 1. The number of hydrogen-bond donors (Lipinski definition) is 1. The highest BCUT2D eigenvalue weighted by molar-refractivity contribution is 6.48. The average Bonchev–Trinajstić information content (AvgIpc) is 2.46. The molecule has 0 fully saturated rings. The fourth-order valence-electron chi connectivity index (χ4n) is 1.23. The van der Waals surface area contributed by atoms with Gasteiger partial charge < -0.3 is 0 Å². The molecule has 0 aromatic heterocycles. The van der Waals surface area contributed by atoms with Crippen LogP contribution in [0, 0.1) is 0 Å². The predicted octanol–water partition coefficient (Wildman–Crippen LogP) is 1.06. The summed E-state index contributed by atoms with van der Waals surface area (Å²) in [5.74, 6) is 0.112. The summed E-state index contributed by atoms with van der Waals surface area (Å²) in [4.78, 5) is 20.2. The van der Waals surface area contributed by atoms with Crippen LogP contribution >= 0.6 is 0 Å². The van der Waals surface area contributed by atoms with Gasteiger partial charge in [0, 0.05) is 0 Å². The Balaban J connectivity index is 2.39. The van der Waals surface area contributed by atoms with Crippen molar-refractivity contribution in [3.63, 3.8) is 0 Å². The number of hydroxylamine groups is 1. The van der Waals surface area contributed by atoms with Crippen LogP contribution < -0.4 is 5.48 Å². The van der Waals surface area contributed by atoms with Gasteiger partial charge in [0.15, 0.2) is 5.84 Å². The highest BCUT2D eigenvalue weighted by Crippen LogP contribution is 2.24. The maximum Gasteiger partial charge on any atom is 0.232 e. The minimum Gasteiger partial charge on any atom is -0.285 e. The molecule has 2 rings (SSSR count). The molecular formula is C9H8N2O2. The first-order chi connectivity index (χ1) is 6.33. The lowest BCUT2D eigenvalue weighted by Gasteiger charge is -1.98. The Morgan fingerprint density at radius 2 is 2.15 bits per heavy atom. The fraction of sp³-hybridized carbons (Fsp3) is 0.111. The first kappa shape index (κ1) is 7.94. The van der Waals surface area contributed by atoms with Crippen LogP contribution in [0.1, 0.15) is 10.4 Å². The molecule has 1 aromatic carbocycles. The minimum atomic E-state index is -0.127. The van der Waals surface area contributed by atoms with Gasteiger partial charge in [0.25, 0.3) is 0 Å². The lowest BCUT2D eigenvalue weighted by molar-refractivity contribution is 0.101. The van der Waals surface area contributed by atoms with Crippen LogP contribution in [0.25, 0.3) is 0 Å². The Labute approximate surface area is 75.2 Å². The van der Waals surface area contributed by atoms with E-state index in [0.717, 1.165) is 0 Å². The zero-order valence-electron chi connectivity index (χ0n) is 7.07. The summed E-state index contributed by atoms with van der Waals surface area (Å²) in [5.41, 5.74) is 3.74. The number of benzene rings is 1. The number of fused-ring (bicyclic) bond motifs is 1. The van der Waals surface area contributed by atoms with E-state index in [2.05, 4.69) is 15.3 Å². The number of ketones is 1. The number of carbonyl (C=O) groups is 1. The minimum absolute atomic E-state index is 0.127. The molecule has 0 spiro atoms. The molecule has 1 aromatic rings. The van der Waals surface area contributed by atoms with E-state index in [9.17, 15) is 4.79 Å². The topological polar surface area (TPSA) is 50.7 Å². The van der Waals surface area contributed by atoms with Gasteiger partial charge in [-0.25, -0.2) is 10.5 Å². The molecule has 13 heavy (non-hydrogen) atoms. The molecule has 4 nitrogen and oxygen atoms in total. The van der Waals surface area contributed by atoms with Crippen LogP contribution in [0.3, 0.4) is 0 Å². The molecule has 0 saturated heterocycles. The second kappa shape index (κ2) is 2.99. The zero-order valence-corrected chi connectivity index (χ0v) is 7.07. The number of Topliss-reactive ketones (excluding diaryl/α,β-unsaturated/α-hetero) is 1. The highest BCUT2D eigenvalue weighted by atomic mass is 16.6. The SMILES string of the molecule is CONC1=Nc2ccccc2C1=O. The molecule has 0 atom stereocenters. The van der Waals surface area contributed by atoms with Crippen molar-refractivity contribution in [1.29, 1.82) is 0 Å². The third-order valence-electron chi connectivity index (χ3n) is 1.79. The Hall–Kier alpha value is -1.68. The van der Waals surface area contributed by atoms with Crippen molar-refractivity contribution in [2.75, 3.05) is 7.11 Å². The molecule has 4 heteroatoms. The first-order valence-electron chi connectivity index (χ1n) is 3.84. The quantitative estimate of drug-likeness (QED) is 0.651. The molecule has 0 amide bonds. The molecular weight excluding hydrogens is 168 g/mol. The zero-order chi connectivity index (χ0) is 9.26. The van der Waals surface area contributed by atoms with E-state index in [0.29, 0.717) is 11.3 Å². The second-order valence-corrected chi connectivity index (χ2v) is 2.61. The number of amidine groups is 1. The number of carbonyl (C=O) groups excluding carboxylic acids is 1. The summed E-state index contributed by atoms with van der Waals surface area (Å²) in [6.45, 7) is 0. The Kier molecular flexibility index (Phi) is 1.83. The number of nitrogens with zero attached hydrogens (tertiary/aromatic N) is 1. The van der Waals surface area contributed by atoms with Crippen LogP contribution in [0.2, 0.25) is 0 Å². The van der Waals surface area contributed by atoms with E-state index < -0.39 is 0 Å². The normalized spacial score (nSPS) is 13.9. The third-order valence-corrected chi connectivity index (χ3v) is 1.79. The van der Waals surface area contributed by atoms with Crippen molar-refractivity contribution < 1.29 is 9.63 Å². The Morgan fingerprint density at radius 3 is 2.85 bits per heavy atom. The van der Waals surface area contributed by atoms with E-state index in [4.69, 9.17) is 0 Å². The first-order valence-corrected chi connectivity index (χ1v) is 3.84. The second-order valence-electron chi connectivity index (χ2n) is 2.61. The predicted molar refractivity (Wildman–Crippen MR) is 48.0 cm³/mol. The van der Waals surface area contributed by atoms with Crippen LogP contribution in [0.15, 0.2) is 29.3 Å². The van der Waals surface area contributed by atoms with Gasteiger partial charge in [0.05, 0.1) is 18.4 Å². The van der Waals surface area contributed by atoms with Crippen molar-refractivity contribution in [2.45, 2.75) is 0 Å². The van der Waals surface area contributed by atoms with Crippen molar-refractivity contribution in [2.24, 2.45) is 4.99 Å². The van der Waals surface area contributed by atoms with E-state index >= 15 is 0 Å². The molecule has 0 bridgehead atoms. The van der Waals surface area contributed by atoms with Gasteiger partial charge in [0.2, 0.25) is 5.78 Å².